The highest BCUT2D eigenvalue weighted by Gasteiger charge is 2.67. The molecule has 1 aliphatic heterocycles. The van der Waals surface area contributed by atoms with Gasteiger partial charge in [-0.05, 0) is 82.5 Å². The van der Waals surface area contributed by atoms with Crippen LogP contribution < -0.4 is 10.4 Å². The van der Waals surface area contributed by atoms with Crippen molar-refractivity contribution in [1.82, 2.24) is 0 Å². The number of hydrogen-bond acceptors (Lipinski definition) is 3. The van der Waals surface area contributed by atoms with Crippen LogP contribution in [0.1, 0.15) is 17.5 Å². The summed E-state index contributed by atoms with van der Waals surface area (Å²) in [4.78, 5) is 23.7. The Hall–Kier alpha value is -1.65. The van der Waals surface area contributed by atoms with E-state index in [0.29, 0.717) is 26.5 Å². The Balaban J connectivity index is 1.82. The second kappa shape index (κ2) is 9.91. The Kier molecular flexibility index (Phi) is 7.15. The lowest BCUT2D eigenvalue weighted by Gasteiger charge is -2.52. The Morgan fingerprint density at radius 3 is 1.25 bits per heavy atom. The third-order valence-electron chi connectivity index (χ3n) is 6.84. The van der Waals surface area contributed by atoms with Gasteiger partial charge < -0.3 is 14.0 Å². The van der Waals surface area contributed by atoms with Gasteiger partial charge in [0.2, 0.25) is 0 Å². The summed E-state index contributed by atoms with van der Waals surface area (Å²) in [5, 5.41) is 3.79. The van der Waals surface area contributed by atoms with E-state index < -0.39 is 21.5 Å². The molecule has 0 saturated carbocycles. The van der Waals surface area contributed by atoms with Gasteiger partial charge >= 0.3 is 15.9 Å². The maximum atomic E-state index is 11.9. The predicted octanol–water partition coefficient (Wildman–Crippen LogP) is 6.23. The van der Waals surface area contributed by atoms with Crippen molar-refractivity contribution in [2.75, 3.05) is 0 Å². The summed E-state index contributed by atoms with van der Waals surface area (Å²) in [7, 11) is -7.65. The van der Waals surface area contributed by atoms with Gasteiger partial charge in [-0.3, -0.25) is 0 Å². The summed E-state index contributed by atoms with van der Waals surface area (Å²) >= 11 is 24.9. The van der Waals surface area contributed by atoms with Gasteiger partial charge in [0.1, 0.15) is 5.60 Å². The zero-order chi connectivity index (χ0) is 25.6. The summed E-state index contributed by atoms with van der Waals surface area (Å²) in [6.45, 7) is 0. The Morgan fingerprint density at radius 2 is 0.889 bits per heavy atom. The van der Waals surface area contributed by atoms with E-state index in [2.05, 4.69) is 0 Å². The van der Waals surface area contributed by atoms with E-state index in [1.807, 2.05) is 72.8 Å². The van der Waals surface area contributed by atoms with Crippen molar-refractivity contribution in [2.45, 2.75) is 18.1 Å². The van der Waals surface area contributed by atoms with E-state index in [-0.39, 0.29) is 6.04 Å². The standard InChI is InChI=1S/C27H22Cl4O3Si2/c28-21-5-1-19(2-6-21)27(20-3-7-22(29)8-4-20)17-18-35(32,33)36(34-27,25-13-9-23(30)10-14-25)26-15-11-24(31)12-16-26/h1-16,32-33H,17-18H2. The summed E-state index contributed by atoms with van der Waals surface area (Å²) in [6, 6.07) is 29.6. The normalized spacial score (nSPS) is 18.1. The van der Waals surface area contributed by atoms with Crippen LogP contribution in [0, 0.1) is 0 Å². The first-order valence-corrected chi connectivity index (χ1v) is 17.9. The molecule has 0 radical (unpaired) electrons. The molecule has 4 aromatic rings. The van der Waals surface area contributed by atoms with E-state index in [1.165, 1.54) is 0 Å². The minimum Gasteiger partial charge on any atom is -0.411 e. The van der Waals surface area contributed by atoms with Crippen LogP contribution in [0.25, 0.3) is 0 Å². The lowest BCUT2D eigenvalue weighted by Crippen LogP contribution is -2.82. The summed E-state index contributed by atoms with van der Waals surface area (Å²) in [6.07, 6.45) is 0.380. The fraction of sp³-hybridized carbons (Fsp3) is 0.111. The molecule has 0 unspecified atom stereocenters. The van der Waals surface area contributed by atoms with E-state index in [9.17, 15) is 9.59 Å². The molecule has 1 aliphatic rings. The van der Waals surface area contributed by atoms with E-state index in [1.54, 1.807) is 24.3 Å². The molecule has 0 spiro atoms. The van der Waals surface area contributed by atoms with Gasteiger partial charge in [0.15, 0.2) is 0 Å². The molecule has 0 aliphatic carbocycles. The van der Waals surface area contributed by atoms with Crippen LogP contribution in [-0.2, 0) is 10.0 Å². The number of rotatable bonds is 4. The van der Waals surface area contributed by atoms with Crippen LogP contribution in [0.5, 0.6) is 0 Å². The van der Waals surface area contributed by atoms with Crippen molar-refractivity contribution < 1.29 is 14.0 Å². The molecule has 184 valence electrons. The SMILES string of the molecule is O[Si]1(O)CCC(c2ccc(Cl)cc2)(c2ccc(Cl)cc2)O[Si]1(c1ccc(Cl)cc1)c1ccc(Cl)cc1. The van der Waals surface area contributed by atoms with Crippen LogP contribution >= 0.6 is 46.4 Å². The third-order valence-corrected chi connectivity index (χ3v) is 19.0. The van der Waals surface area contributed by atoms with Gasteiger partial charge in [-0.25, -0.2) is 0 Å². The van der Waals surface area contributed by atoms with Gasteiger partial charge in [0.05, 0.1) is 0 Å². The van der Waals surface area contributed by atoms with Gasteiger partial charge in [0, 0.05) is 20.1 Å². The molecular formula is C27H22Cl4O3Si2. The van der Waals surface area contributed by atoms with Gasteiger partial charge in [0.25, 0.3) is 0 Å². The van der Waals surface area contributed by atoms with Crippen molar-refractivity contribution in [3.8, 4) is 0 Å². The van der Waals surface area contributed by atoms with E-state index in [4.69, 9.17) is 50.8 Å². The van der Waals surface area contributed by atoms with Crippen molar-refractivity contribution in [1.29, 1.82) is 0 Å². The largest absolute Gasteiger partial charge is 0.411 e. The third kappa shape index (κ3) is 4.47. The van der Waals surface area contributed by atoms with Gasteiger partial charge in [-0.2, -0.15) is 0 Å². The Labute approximate surface area is 232 Å². The second-order valence-corrected chi connectivity index (χ2v) is 20.1. The molecule has 4 aromatic carbocycles. The smallest absolute Gasteiger partial charge is 0.355 e. The highest BCUT2D eigenvalue weighted by Crippen LogP contribution is 2.47. The van der Waals surface area contributed by atoms with Gasteiger partial charge in [-0.15, -0.1) is 0 Å². The van der Waals surface area contributed by atoms with Crippen LogP contribution in [0.2, 0.25) is 26.1 Å². The lowest BCUT2D eigenvalue weighted by atomic mass is 9.84. The monoisotopic (exact) mass is 590 g/mol. The fourth-order valence-corrected chi connectivity index (χ4v) is 16.6. The zero-order valence-corrected chi connectivity index (χ0v) is 24.0. The van der Waals surface area contributed by atoms with Crippen LogP contribution in [0.3, 0.4) is 0 Å². The molecule has 1 heterocycles. The second-order valence-electron chi connectivity index (χ2n) is 8.95. The minimum atomic E-state index is -3.98. The maximum Gasteiger partial charge on any atom is 0.355 e. The molecular weight excluding hydrogens is 570 g/mol. The summed E-state index contributed by atoms with van der Waals surface area (Å²) in [5.74, 6) is 0. The number of hydrogen-bond donors (Lipinski definition) is 2. The first kappa shape index (κ1) is 26.0. The van der Waals surface area contributed by atoms with Crippen molar-refractivity contribution in [3.05, 3.63) is 128 Å². The Morgan fingerprint density at radius 1 is 0.556 bits per heavy atom. The average Bonchev–Trinajstić information content (AvgIpc) is 2.87. The fourth-order valence-electron chi connectivity index (χ4n) is 5.05. The molecule has 5 rings (SSSR count). The number of benzene rings is 4. The Bertz CT molecular complexity index is 1270. The lowest BCUT2D eigenvalue weighted by molar-refractivity contribution is 0.0867. The molecule has 1 saturated heterocycles. The molecule has 2 N–H and O–H groups in total. The van der Waals surface area contributed by atoms with Gasteiger partial charge in [-0.1, -0.05) is 94.9 Å². The average molecular weight is 592 g/mol. The van der Waals surface area contributed by atoms with Crippen molar-refractivity contribution in [2.24, 2.45) is 0 Å². The highest BCUT2D eigenvalue weighted by atomic mass is 35.5. The first-order valence-electron chi connectivity index (χ1n) is 11.4. The molecule has 1 fully saturated rings. The maximum absolute atomic E-state index is 11.9. The minimum absolute atomic E-state index is 0.204. The molecule has 0 atom stereocenters. The topological polar surface area (TPSA) is 49.7 Å². The summed E-state index contributed by atoms with van der Waals surface area (Å²) < 4.78 is 7.31. The molecule has 0 bridgehead atoms. The predicted molar refractivity (Wildman–Crippen MR) is 152 cm³/mol. The molecule has 9 heteroatoms. The van der Waals surface area contributed by atoms with Crippen LogP contribution in [0.4, 0.5) is 0 Å². The summed E-state index contributed by atoms with van der Waals surface area (Å²) in [5.41, 5.74) is 0.778. The highest BCUT2D eigenvalue weighted by molar-refractivity contribution is 7.44. The quantitative estimate of drug-likeness (QED) is 0.277. The van der Waals surface area contributed by atoms with Crippen molar-refractivity contribution >= 4 is 72.7 Å². The van der Waals surface area contributed by atoms with Crippen LogP contribution in [0.15, 0.2) is 97.1 Å². The molecule has 0 aromatic heterocycles. The molecule has 3 nitrogen and oxygen atoms in total. The van der Waals surface area contributed by atoms with E-state index in [0.717, 1.165) is 21.5 Å². The van der Waals surface area contributed by atoms with Crippen LogP contribution in [-0.4, -0.2) is 25.5 Å². The van der Waals surface area contributed by atoms with E-state index >= 15 is 0 Å². The first-order chi connectivity index (χ1) is 17.2. The van der Waals surface area contributed by atoms with Crippen molar-refractivity contribution in [3.63, 3.8) is 0 Å². The number of halogens is 4. The molecule has 0 amide bonds. The molecule has 36 heavy (non-hydrogen) atoms. The zero-order valence-electron chi connectivity index (χ0n) is 19.0.